The lowest BCUT2D eigenvalue weighted by Crippen LogP contribution is -1.78. The van der Waals surface area contributed by atoms with Crippen LogP contribution in [0, 0.1) is 0 Å². The molecule has 3 aliphatic carbocycles. The van der Waals surface area contributed by atoms with Crippen LogP contribution in [-0.2, 0) is 6.42 Å². The summed E-state index contributed by atoms with van der Waals surface area (Å²) < 4.78 is 0. The van der Waals surface area contributed by atoms with E-state index in [2.05, 4.69) is 18.2 Å². The van der Waals surface area contributed by atoms with Gasteiger partial charge in [-0.2, -0.15) is 0 Å². The summed E-state index contributed by atoms with van der Waals surface area (Å²) in [5.41, 5.74) is 4.92. The van der Waals surface area contributed by atoms with E-state index in [1.165, 1.54) is 16.7 Å². The van der Waals surface area contributed by atoms with Crippen LogP contribution in [0.15, 0.2) is 30.3 Å². The molecule has 0 aromatic rings. The van der Waals surface area contributed by atoms with Crippen LogP contribution in [0.4, 0.5) is 0 Å². The maximum atomic E-state index is 9.53. The van der Waals surface area contributed by atoms with E-state index in [0.29, 0.717) is 5.75 Å². The highest BCUT2D eigenvalue weighted by Gasteiger charge is 2.17. The number of hydrogen-bond acceptors (Lipinski definition) is 1. The van der Waals surface area contributed by atoms with Crippen molar-refractivity contribution in [3.05, 3.63) is 41.5 Å². The van der Waals surface area contributed by atoms with Crippen molar-refractivity contribution in [3.8, 4) is 16.9 Å². The number of fused-ring (bicyclic) bond motifs is 1. The van der Waals surface area contributed by atoms with Crippen LogP contribution >= 0.6 is 0 Å². The zero-order valence-electron chi connectivity index (χ0n) is 6.54. The highest BCUT2D eigenvalue weighted by Crippen LogP contribution is 2.38. The van der Waals surface area contributed by atoms with Crippen molar-refractivity contribution in [1.82, 2.24) is 0 Å². The van der Waals surface area contributed by atoms with Crippen LogP contribution in [0.2, 0.25) is 0 Å². The lowest BCUT2D eigenvalue weighted by molar-refractivity contribution is 0.470. The molecule has 58 valence electrons. The van der Waals surface area contributed by atoms with Gasteiger partial charge in [-0.25, -0.2) is 0 Å². The maximum absolute atomic E-state index is 9.53. The van der Waals surface area contributed by atoms with E-state index in [1.54, 1.807) is 6.07 Å². The Balaban J connectivity index is 2.48. The number of aromatic hydroxyl groups is 1. The van der Waals surface area contributed by atoms with E-state index in [1.807, 2.05) is 6.07 Å². The lowest BCUT2D eigenvalue weighted by Gasteiger charge is -1.95. The van der Waals surface area contributed by atoms with Gasteiger partial charge in [0.1, 0.15) is 5.75 Å². The van der Waals surface area contributed by atoms with Gasteiger partial charge in [-0.3, -0.25) is 0 Å². The maximum Gasteiger partial charge on any atom is 0.119 e. The highest BCUT2D eigenvalue weighted by atomic mass is 16.3. The van der Waals surface area contributed by atoms with Gasteiger partial charge >= 0.3 is 0 Å². The van der Waals surface area contributed by atoms with Gasteiger partial charge in [-0.15, -0.1) is 0 Å². The lowest BCUT2D eigenvalue weighted by atomic mass is 10.1. The molecular weight excluding hydrogens is 148 g/mol. The summed E-state index contributed by atoms with van der Waals surface area (Å²) in [6, 6.07) is 10.1. The van der Waals surface area contributed by atoms with Gasteiger partial charge in [0.05, 0.1) is 0 Å². The molecule has 0 atom stereocenters. The molecule has 1 nitrogen and oxygen atoms in total. The predicted molar refractivity (Wildman–Crippen MR) is 47.5 cm³/mol. The Morgan fingerprint density at radius 1 is 1.00 bits per heavy atom. The van der Waals surface area contributed by atoms with E-state index >= 15 is 0 Å². The van der Waals surface area contributed by atoms with E-state index in [0.717, 1.165) is 12.0 Å². The van der Waals surface area contributed by atoms with Crippen LogP contribution < -0.4 is 0 Å². The van der Waals surface area contributed by atoms with Gasteiger partial charge in [0.15, 0.2) is 0 Å². The van der Waals surface area contributed by atoms with Crippen molar-refractivity contribution >= 4 is 0 Å². The summed E-state index contributed by atoms with van der Waals surface area (Å²) in [5.74, 6) is 0.418. The fraction of sp³-hybridized carbons (Fsp3) is 0.0909. The first kappa shape index (κ1) is 6.06. The van der Waals surface area contributed by atoms with Crippen molar-refractivity contribution in [1.29, 1.82) is 0 Å². The predicted octanol–water partition coefficient (Wildman–Crippen LogP) is 2.40. The molecule has 0 aromatic heterocycles. The van der Waals surface area contributed by atoms with E-state index in [-0.39, 0.29) is 0 Å². The van der Waals surface area contributed by atoms with Crippen molar-refractivity contribution in [2.75, 3.05) is 0 Å². The molecule has 3 aliphatic rings. The van der Waals surface area contributed by atoms with E-state index in [4.69, 9.17) is 0 Å². The Bertz CT molecular complexity index is 432. The standard InChI is InChI=1S/C11H8O/c12-11-4-3-7-1-2-8-5-9(11)6-10(7)8/h1-4,6,12H,5H2. The SMILES string of the molecule is Oc1ccc2ccc3c-2cc1C3. The quantitative estimate of drug-likeness (QED) is 0.530. The third-order valence-electron chi connectivity index (χ3n) is 2.57. The molecule has 0 heterocycles. The second-order valence-corrected chi connectivity index (χ2v) is 3.29. The number of rotatable bonds is 0. The van der Waals surface area contributed by atoms with Gasteiger partial charge in [0.25, 0.3) is 0 Å². The second-order valence-electron chi connectivity index (χ2n) is 3.29. The first-order valence-corrected chi connectivity index (χ1v) is 4.08. The molecular formula is C11H8O. The Morgan fingerprint density at radius 2 is 1.83 bits per heavy atom. The Labute approximate surface area is 70.6 Å². The number of hydrogen-bond donors (Lipinski definition) is 1. The third-order valence-corrected chi connectivity index (χ3v) is 2.57. The van der Waals surface area contributed by atoms with Gasteiger partial charge in [-0.05, 0) is 34.4 Å². The van der Waals surface area contributed by atoms with Gasteiger partial charge in [-0.1, -0.05) is 18.2 Å². The molecule has 3 rings (SSSR count). The average molecular weight is 156 g/mol. The minimum Gasteiger partial charge on any atom is -0.508 e. The van der Waals surface area contributed by atoms with Crippen molar-refractivity contribution < 1.29 is 5.11 Å². The zero-order chi connectivity index (χ0) is 8.13. The molecule has 0 saturated carbocycles. The summed E-state index contributed by atoms with van der Waals surface area (Å²) in [4.78, 5) is 0. The summed E-state index contributed by atoms with van der Waals surface area (Å²) in [6.45, 7) is 0. The first-order valence-electron chi connectivity index (χ1n) is 4.08. The van der Waals surface area contributed by atoms with Crippen LogP contribution in [0.25, 0.3) is 11.1 Å². The molecule has 0 radical (unpaired) electrons. The van der Waals surface area contributed by atoms with Crippen molar-refractivity contribution in [2.45, 2.75) is 6.42 Å². The van der Waals surface area contributed by atoms with E-state index < -0.39 is 0 Å². The first-order chi connectivity index (χ1) is 5.84. The molecule has 0 amide bonds. The monoisotopic (exact) mass is 156 g/mol. The summed E-state index contributed by atoms with van der Waals surface area (Å²) >= 11 is 0. The third kappa shape index (κ3) is 0.589. The molecule has 0 spiro atoms. The van der Waals surface area contributed by atoms with E-state index in [9.17, 15) is 5.11 Å². The Morgan fingerprint density at radius 3 is 2.75 bits per heavy atom. The summed E-state index contributed by atoms with van der Waals surface area (Å²) in [7, 11) is 0. The summed E-state index contributed by atoms with van der Waals surface area (Å²) in [5, 5.41) is 9.53. The molecule has 1 N–H and O–H groups in total. The summed E-state index contributed by atoms with van der Waals surface area (Å²) in [6.07, 6.45) is 0.894. The van der Waals surface area contributed by atoms with Crippen molar-refractivity contribution in [2.24, 2.45) is 0 Å². The largest absolute Gasteiger partial charge is 0.508 e. The molecule has 2 bridgehead atoms. The topological polar surface area (TPSA) is 20.2 Å². The van der Waals surface area contributed by atoms with Crippen molar-refractivity contribution in [3.63, 3.8) is 0 Å². The molecule has 0 saturated heterocycles. The molecule has 0 aromatic carbocycles. The van der Waals surface area contributed by atoms with Crippen LogP contribution in [0.1, 0.15) is 11.1 Å². The molecule has 0 fully saturated rings. The fourth-order valence-corrected chi connectivity index (χ4v) is 1.90. The van der Waals surface area contributed by atoms with Gasteiger partial charge < -0.3 is 5.11 Å². The Kier molecular flexibility index (Phi) is 0.912. The minimum atomic E-state index is 0.418. The van der Waals surface area contributed by atoms with Crippen LogP contribution in [0.3, 0.4) is 0 Å². The molecule has 0 aliphatic heterocycles. The molecule has 0 unspecified atom stereocenters. The average Bonchev–Trinajstić information content (AvgIpc) is 2.55. The van der Waals surface area contributed by atoms with Crippen LogP contribution in [-0.4, -0.2) is 5.11 Å². The highest BCUT2D eigenvalue weighted by molar-refractivity contribution is 5.76. The normalized spacial score (nSPS) is 13.0. The van der Waals surface area contributed by atoms with Crippen LogP contribution in [0.5, 0.6) is 5.75 Å². The molecule has 1 heteroatoms. The zero-order valence-corrected chi connectivity index (χ0v) is 6.54. The van der Waals surface area contributed by atoms with Gasteiger partial charge in [0, 0.05) is 6.42 Å². The molecule has 12 heavy (non-hydrogen) atoms. The second kappa shape index (κ2) is 1.81. The van der Waals surface area contributed by atoms with Gasteiger partial charge in [0.2, 0.25) is 0 Å². The fourth-order valence-electron chi connectivity index (χ4n) is 1.90. The minimum absolute atomic E-state index is 0.418. The smallest absolute Gasteiger partial charge is 0.119 e. The Hall–Kier alpha value is -1.50.